The molecule has 2 amide bonds. The Morgan fingerprint density at radius 3 is 2.36 bits per heavy atom. The third-order valence-electron chi connectivity index (χ3n) is 5.88. The van der Waals surface area contributed by atoms with E-state index in [1.54, 1.807) is 24.3 Å². The van der Waals surface area contributed by atoms with Gasteiger partial charge in [-0.3, -0.25) is 9.59 Å². The second-order valence-electron chi connectivity index (χ2n) is 7.60. The third-order valence-corrected chi connectivity index (χ3v) is 5.88. The summed E-state index contributed by atoms with van der Waals surface area (Å²) in [7, 11) is 0. The minimum absolute atomic E-state index is 0.00197. The zero-order chi connectivity index (χ0) is 19.5. The minimum atomic E-state index is -0.0643. The number of anilines is 2. The van der Waals surface area contributed by atoms with Crippen LogP contribution in [0.2, 0.25) is 0 Å². The summed E-state index contributed by atoms with van der Waals surface area (Å²) in [5, 5.41) is 11.8. The number of nitriles is 1. The van der Waals surface area contributed by atoms with Crippen molar-refractivity contribution in [2.24, 2.45) is 11.8 Å². The number of fused-ring (bicyclic) bond motifs is 1. The van der Waals surface area contributed by atoms with Crippen molar-refractivity contribution in [1.82, 2.24) is 0 Å². The zero-order valence-electron chi connectivity index (χ0n) is 15.7. The van der Waals surface area contributed by atoms with Crippen LogP contribution < -0.4 is 10.2 Å². The smallest absolute Gasteiger partial charge is 0.230 e. The topological polar surface area (TPSA) is 73.2 Å². The molecule has 2 aromatic rings. The molecule has 0 spiro atoms. The number of nitrogens with one attached hydrogen (secondary N) is 1. The van der Waals surface area contributed by atoms with Gasteiger partial charge in [-0.2, -0.15) is 5.26 Å². The van der Waals surface area contributed by atoms with E-state index in [0.717, 1.165) is 44.3 Å². The van der Waals surface area contributed by atoms with Crippen LogP contribution in [0.1, 0.15) is 36.8 Å². The lowest BCUT2D eigenvalue weighted by Crippen LogP contribution is -2.38. The first kappa shape index (κ1) is 18.2. The van der Waals surface area contributed by atoms with Crippen molar-refractivity contribution in [2.75, 3.05) is 16.8 Å². The largest absolute Gasteiger partial charge is 0.326 e. The normalized spacial score (nSPS) is 20.9. The maximum atomic E-state index is 13.0. The summed E-state index contributed by atoms with van der Waals surface area (Å²) < 4.78 is 0. The molecular weight excluding hydrogens is 350 g/mol. The molecule has 1 N–H and O–H groups in total. The SMILES string of the molecule is N#Cc1ccc(NC(=O)C2CCC(C(=O)N3CCc4ccccc43)CC2)cc1. The van der Waals surface area contributed by atoms with Gasteiger partial charge >= 0.3 is 0 Å². The van der Waals surface area contributed by atoms with Crippen molar-refractivity contribution in [3.63, 3.8) is 0 Å². The van der Waals surface area contributed by atoms with E-state index in [4.69, 9.17) is 5.26 Å². The molecule has 28 heavy (non-hydrogen) atoms. The van der Waals surface area contributed by atoms with Gasteiger partial charge in [0.05, 0.1) is 11.6 Å². The molecule has 2 aromatic carbocycles. The fourth-order valence-corrected chi connectivity index (χ4v) is 4.26. The van der Waals surface area contributed by atoms with E-state index in [-0.39, 0.29) is 23.7 Å². The Kier molecular flexibility index (Phi) is 5.12. The van der Waals surface area contributed by atoms with Gasteiger partial charge in [0.1, 0.15) is 0 Å². The molecule has 1 saturated carbocycles. The fraction of sp³-hybridized carbons (Fsp3) is 0.348. The van der Waals surface area contributed by atoms with Gasteiger partial charge in [-0.15, -0.1) is 0 Å². The molecule has 1 aliphatic heterocycles. The Morgan fingerprint density at radius 2 is 1.64 bits per heavy atom. The van der Waals surface area contributed by atoms with Crippen LogP contribution in [0.25, 0.3) is 0 Å². The second kappa shape index (κ2) is 7.85. The molecule has 0 bridgehead atoms. The summed E-state index contributed by atoms with van der Waals surface area (Å²) in [5.74, 6) is 0.147. The predicted octanol–water partition coefficient (Wildman–Crippen LogP) is 3.89. The first-order chi connectivity index (χ1) is 13.7. The van der Waals surface area contributed by atoms with E-state index in [1.807, 2.05) is 23.1 Å². The summed E-state index contributed by atoms with van der Waals surface area (Å²) in [6.45, 7) is 0.761. The maximum absolute atomic E-state index is 13.0. The summed E-state index contributed by atoms with van der Waals surface area (Å²) in [5.41, 5.74) is 3.57. The molecular formula is C23H23N3O2. The molecule has 0 radical (unpaired) electrons. The third kappa shape index (κ3) is 3.63. The highest BCUT2D eigenvalue weighted by molar-refractivity contribution is 5.97. The molecule has 1 heterocycles. The zero-order valence-corrected chi connectivity index (χ0v) is 15.7. The van der Waals surface area contributed by atoms with Crippen molar-refractivity contribution >= 4 is 23.2 Å². The molecule has 0 unspecified atom stereocenters. The van der Waals surface area contributed by atoms with Crippen LogP contribution in [0.4, 0.5) is 11.4 Å². The standard InChI is InChI=1S/C23H23N3O2/c24-15-16-5-11-20(12-6-16)25-22(27)18-7-9-19(10-8-18)23(28)26-14-13-17-3-1-2-4-21(17)26/h1-6,11-12,18-19H,7-10,13-14H2,(H,25,27). The lowest BCUT2D eigenvalue weighted by molar-refractivity contribution is -0.126. The molecule has 0 atom stereocenters. The highest BCUT2D eigenvalue weighted by Crippen LogP contribution is 2.35. The molecule has 0 aromatic heterocycles. The molecule has 142 valence electrons. The molecule has 1 fully saturated rings. The highest BCUT2D eigenvalue weighted by atomic mass is 16.2. The predicted molar refractivity (Wildman–Crippen MR) is 108 cm³/mol. The lowest BCUT2D eigenvalue weighted by atomic mass is 9.81. The van der Waals surface area contributed by atoms with Crippen molar-refractivity contribution in [1.29, 1.82) is 5.26 Å². The Bertz CT molecular complexity index is 922. The van der Waals surface area contributed by atoms with Crippen molar-refractivity contribution in [3.05, 3.63) is 59.7 Å². The summed E-state index contributed by atoms with van der Waals surface area (Å²) >= 11 is 0. The number of benzene rings is 2. The number of hydrogen-bond donors (Lipinski definition) is 1. The van der Waals surface area contributed by atoms with E-state index >= 15 is 0 Å². The number of hydrogen-bond acceptors (Lipinski definition) is 3. The monoisotopic (exact) mass is 373 g/mol. The van der Waals surface area contributed by atoms with Gasteiger partial charge in [-0.25, -0.2) is 0 Å². The van der Waals surface area contributed by atoms with E-state index < -0.39 is 0 Å². The quantitative estimate of drug-likeness (QED) is 0.887. The molecule has 0 saturated heterocycles. The van der Waals surface area contributed by atoms with Crippen molar-refractivity contribution in [2.45, 2.75) is 32.1 Å². The minimum Gasteiger partial charge on any atom is -0.326 e. The first-order valence-corrected chi connectivity index (χ1v) is 9.86. The summed E-state index contributed by atoms with van der Waals surface area (Å²) in [4.78, 5) is 27.5. The average Bonchev–Trinajstić information content (AvgIpc) is 3.18. The fourth-order valence-electron chi connectivity index (χ4n) is 4.26. The van der Waals surface area contributed by atoms with Crippen LogP contribution in [-0.2, 0) is 16.0 Å². The van der Waals surface area contributed by atoms with E-state index in [0.29, 0.717) is 11.3 Å². The molecule has 1 aliphatic carbocycles. The van der Waals surface area contributed by atoms with Gasteiger partial charge in [0.2, 0.25) is 11.8 Å². The number of nitrogens with zero attached hydrogens (tertiary/aromatic N) is 2. The van der Waals surface area contributed by atoms with E-state index in [2.05, 4.69) is 17.5 Å². The van der Waals surface area contributed by atoms with E-state index in [1.165, 1.54) is 5.56 Å². The summed E-state index contributed by atoms with van der Waals surface area (Å²) in [6, 6.07) is 17.1. The number of rotatable bonds is 3. The Balaban J connectivity index is 1.32. The molecule has 2 aliphatic rings. The van der Waals surface area contributed by atoms with Gasteiger partial charge in [0, 0.05) is 29.8 Å². The lowest BCUT2D eigenvalue weighted by Gasteiger charge is -2.30. The second-order valence-corrected chi connectivity index (χ2v) is 7.60. The first-order valence-electron chi connectivity index (χ1n) is 9.86. The van der Waals surface area contributed by atoms with Gasteiger partial charge in [-0.1, -0.05) is 18.2 Å². The Hall–Kier alpha value is -3.13. The molecule has 5 heteroatoms. The van der Waals surface area contributed by atoms with Crippen LogP contribution in [-0.4, -0.2) is 18.4 Å². The van der Waals surface area contributed by atoms with Gasteiger partial charge < -0.3 is 10.2 Å². The molecule has 5 nitrogen and oxygen atoms in total. The van der Waals surface area contributed by atoms with Gasteiger partial charge in [-0.05, 0) is 68.0 Å². The maximum Gasteiger partial charge on any atom is 0.230 e. The van der Waals surface area contributed by atoms with Crippen LogP contribution in [0, 0.1) is 23.2 Å². The summed E-state index contributed by atoms with van der Waals surface area (Å²) in [6.07, 6.45) is 3.89. The van der Waals surface area contributed by atoms with Crippen LogP contribution >= 0.6 is 0 Å². The van der Waals surface area contributed by atoms with Crippen molar-refractivity contribution in [3.8, 4) is 6.07 Å². The Labute approximate surface area is 165 Å². The molecule has 4 rings (SSSR count). The van der Waals surface area contributed by atoms with Crippen LogP contribution in [0.15, 0.2) is 48.5 Å². The van der Waals surface area contributed by atoms with Crippen molar-refractivity contribution < 1.29 is 9.59 Å². The average molecular weight is 373 g/mol. The number of amides is 2. The van der Waals surface area contributed by atoms with Gasteiger partial charge in [0.25, 0.3) is 0 Å². The van der Waals surface area contributed by atoms with Crippen LogP contribution in [0.5, 0.6) is 0 Å². The van der Waals surface area contributed by atoms with E-state index in [9.17, 15) is 9.59 Å². The van der Waals surface area contributed by atoms with Gasteiger partial charge in [0.15, 0.2) is 0 Å². The number of carbonyl (C=O) groups is 2. The highest BCUT2D eigenvalue weighted by Gasteiger charge is 2.34. The van der Waals surface area contributed by atoms with Crippen LogP contribution in [0.3, 0.4) is 0 Å². The Morgan fingerprint density at radius 1 is 0.964 bits per heavy atom. The number of carbonyl (C=O) groups excluding carboxylic acids is 2. The number of para-hydroxylation sites is 1.